The highest BCUT2D eigenvalue weighted by molar-refractivity contribution is 6.30. The van der Waals surface area contributed by atoms with Gasteiger partial charge in [-0.2, -0.15) is 5.10 Å². The van der Waals surface area contributed by atoms with Gasteiger partial charge in [0.25, 0.3) is 0 Å². The van der Waals surface area contributed by atoms with E-state index in [1.807, 2.05) is 30.3 Å². The van der Waals surface area contributed by atoms with Crippen LogP contribution < -0.4 is 0 Å². The molecule has 0 saturated heterocycles. The Morgan fingerprint density at radius 1 is 1.10 bits per heavy atom. The Balaban J connectivity index is 1.92. The number of aliphatic hydroxyl groups is 1. The second kappa shape index (κ2) is 5.68. The van der Waals surface area contributed by atoms with Gasteiger partial charge in [0.2, 0.25) is 0 Å². The summed E-state index contributed by atoms with van der Waals surface area (Å²) in [5, 5.41) is 14.8. The summed E-state index contributed by atoms with van der Waals surface area (Å²) in [6, 6.07) is 15.3. The summed E-state index contributed by atoms with van der Waals surface area (Å²) in [6.07, 6.45) is 0.592. The minimum atomic E-state index is -1.13. The van der Waals surface area contributed by atoms with E-state index >= 15 is 0 Å². The molecule has 3 nitrogen and oxygen atoms in total. The first-order valence-corrected chi connectivity index (χ1v) is 6.77. The van der Waals surface area contributed by atoms with Gasteiger partial charge in [0, 0.05) is 16.8 Å². The van der Waals surface area contributed by atoms with Crippen molar-refractivity contribution in [1.29, 1.82) is 0 Å². The highest BCUT2D eigenvalue weighted by Gasteiger charge is 2.18. The average Bonchev–Trinajstić information content (AvgIpc) is 2.97. The zero-order chi connectivity index (χ0) is 14.8. The Labute approximate surface area is 126 Å². The lowest BCUT2D eigenvalue weighted by Gasteiger charge is -2.09. The van der Waals surface area contributed by atoms with Crippen LogP contribution in [0.2, 0.25) is 5.02 Å². The monoisotopic (exact) mass is 302 g/mol. The standard InChI is InChI=1S/C16H12ClFN2O/c17-11-6-7-13(14(18)10-11)16(21)15-8-9-20(19-15)12-4-2-1-3-5-12/h1-10,16,21H. The van der Waals surface area contributed by atoms with Crippen LogP contribution in [0.4, 0.5) is 4.39 Å². The zero-order valence-electron chi connectivity index (χ0n) is 10.9. The van der Waals surface area contributed by atoms with Gasteiger partial charge < -0.3 is 5.11 Å². The number of rotatable bonds is 3. The Hall–Kier alpha value is -2.17. The summed E-state index contributed by atoms with van der Waals surface area (Å²) in [4.78, 5) is 0. The summed E-state index contributed by atoms with van der Waals surface area (Å²) >= 11 is 5.71. The molecule has 106 valence electrons. The number of aliphatic hydroxyl groups excluding tert-OH is 1. The van der Waals surface area contributed by atoms with Crippen molar-refractivity contribution in [3.63, 3.8) is 0 Å². The fourth-order valence-electron chi connectivity index (χ4n) is 2.09. The van der Waals surface area contributed by atoms with Gasteiger partial charge in [-0.25, -0.2) is 9.07 Å². The normalized spacial score (nSPS) is 12.3. The van der Waals surface area contributed by atoms with Crippen molar-refractivity contribution in [2.75, 3.05) is 0 Å². The van der Waals surface area contributed by atoms with Gasteiger partial charge in [-0.3, -0.25) is 0 Å². The second-order valence-electron chi connectivity index (χ2n) is 4.59. The number of para-hydroxylation sites is 1. The lowest BCUT2D eigenvalue weighted by atomic mass is 10.1. The quantitative estimate of drug-likeness (QED) is 0.800. The summed E-state index contributed by atoms with van der Waals surface area (Å²) in [5.41, 5.74) is 1.39. The maximum absolute atomic E-state index is 13.8. The van der Waals surface area contributed by atoms with Crippen molar-refractivity contribution < 1.29 is 9.50 Å². The summed E-state index contributed by atoms with van der Waals surface area (Å²) < 4.78 is 15.5. The Morgan fingerprint density at radius 3 is 2.57 bits per heavy atom. The van der Waals surface area contributed by atoms with E-state index in [0.29, 0.717) is 10.7 Å². The van der Waals surface area contributed by atoms with Crippen LogP contribution in [0.5, 0.6) is 0 Å². The predicted octanol–water partition coefficient (Wildman–Crippen LogP) is 3.75. The first kappa shape index (κ1) is 13.8. The molecule has 0 amide bonds. The van der Waals surface area contributed by atoms with Crippen LogP contribution in [0.15, 0.2) is 60.8 Å². The Kier molecular flexibility index (Phi) is 3.73. The molecule has 0 saturated carbocycles. The lowest BCUT2D eigenvalue weighted by molar-refractivity contribution is 0.209. The first-order valence-electron chi connectivity index (χ1n) is 6.39. The highest BCUT2D eigenvalue weighted by Crippen LogP contribution is 2.25. The Bertz CT molecular complexity index is 758. The molecular weight excluding hydrogens is 291 g/mol. The smallest absolute Gasteiger partial charge is 0.130 e. The van der Waals surface area contributed by atoms with E-state index in [1.54, 1.807) is 16.9 Å². The van der Waals surface area contributed by atoms with Crippen LogP contribution in [-0.2, 0) is 0 Å². The third kappa shape index (κ3) is 2.82. The molecule has 21 heavy (non-hydrogen) atoms. The zero-order valence-corrected chi connectivity index (χ0v) is 11.7. The molecule has 1 aromatic heterocycles. The summed E-state index contributed by atoms with van der Waals surface area (Å²) in [7, 11) is 0. The van der Waals surface area contributed by atoms with Gasteiger partial charge in [0.15, 0.2) is 0 Å². The molecule has 0 radical (unpaired) electrons. The van der Waals surface area contributed by atoms with Gasteiger partial charge in [0.05, 0.1) is 11.4 Å². The number of hydrogen-bond acceptors (Lipinski definition) is 2. The molecule has 0 fully saturated rings. The van der Waals surface area contributed by atoms with Crippen LogP contribution in [0, 0.1) is 5.82 Å². The van der Waals surface area contributed by atoms with Crippen molar-refractivity contribution in [2.45, 2.75) is 6.10 Å². The van der Waals surface area contributed by atoms with Crippen molar-refractivity contribution in [3.8, 4) is 5.69 Å². The van der Waals surface area contributed by atoms with Crippen LogP contribution in [0.1, 0.15) is 17.4 Å². The van der Waals surface area contributed by atoms with Gasteiger partial charge in [-0.1, -0.05) is 35.9 Å². The number of hydrogen-bond donors (Lipinski definition) is 1. The molecule has 1 heterocycles. The van der Waals surface area contributed by atoms with Crippen LogP contribution in [-0.4, -0.2) is 14.9 Å². The summed E-state index contributed by atoms with van der Waals surface area (Å²) in [5.74, 6) is -0.552. The maximum Gasteiger partial charge on any atom is 0.130 e. The second-order valence-corrected chi connectivity index (χ2v) is 5.03. The molecular formula is C16H12ClFN2O. The molecule has 0 spiro atoms. The maximum atomic E-state index is 13.8. The number of benzene rings is 2. The van der Waals surface area contributed by atoms with Crippen molar-refractivity contribution in [2.24, 2.45) is 0 Å². The average molecular weight is 303 g/mol. The molecule has 3 aromatic rings. The van der Waals surface area contributed by atoms with Gasteiger partial charge in [0.1, 0.15) is 11.9 Å². The molecule has 0 bridgehead atoms. The summed E-state index contributed by atoms with van der Waals surface area (Å²) in [6.45, 7) is 0. The molecule has 1 N–H and O–H groups in total. The molecule has 1 atom stereocenters. The van der Waals surface area contributed by atoms with Gasteiger partial charge in [-0.15, -0.1) is 0 Å². The lowest BCUT2D eigenvalue weighted by Crippen LogP contribution is -2.04. The van der Waals surface area contributed by atoms with E-state index < -0.39 is 11.9 Å². The largest absolute Gasteiger partial charge is 0.382 e. The van der Waals surface area contributed by atoms with E-state index in [9.17, 15) is 9.50 Å². The van der Waals surface area contributed by atoms with Crippen molar-refractivity contribution in [1.82, 2.24) is 9.78 Å². The molecule has 0 aliphatic rings. The third-order valence-electron chi connectivity index (χ3n) is 3.17. The molecule has 1 unspecified atom stereocenters. The number of aromatic nitrogens is 2. The number of halogens is 2. The minimum Gasteiger partial charge on any atom is -0.382 e. The number of nitrogens with zero attached hydrogens (tertiary/aromatic N) is 2. The molecule has 5 heteroatoms. The SMILES string of the molecule is OC(c1ccn(-c2ccccc2)n1)c1ccc(Cl)cc1F. The molecule has 3 rings (SSSR count). The third-order valence-corrected chi connectivity index (χ3v) is 3.40. The van der Waals surface area contributed by atoms with E-state index in [1.165, 1.54) is 18.2 Å². The van der Waals surface area contributed by atoms with Crippen molar-refractivity contribution >= 4 is 11.6 Å². The van der Waals surface area contributed by atoms with Gasteiger partial charge in [-0.05, 0) is 30.3 Å². The van der Waals surface area contributed by atoms with Crippen LogP contribution in [0.25, 0.3) is 5.69 Å². The van der Waals surface area contributed by atoms with Crippen molar-refractivity contribution in [3.05, 3.63) is 82.9 Å². The van der Waals surface area contributed by atoms with E-state index in [0.717, 1.165) is 5.69 Å². The highest BCUT2D eigenvalue weighted by atomic mass is 35.5. The molecule has 2 aromatic carbocycles. The van der Waals surface area contributed by atoms with E-state index in [-0.39, 0.29) is 5.56 Å². The topological polar surface area (TPSA) is 38.0 Å². The predicted molar refractivity (Wildman–Crippen MR) is 79.0 cm³/mol. The minimum absolute atomic E-state index is 0.151. The fourth-order valence-corrected chi connectivity index (χ4v) is 2.25. The fraction of sp³-hybridized carbons (Fsp3) is 0.0625. The first-order chi connectivity index (χ1) is 10.1. The van der Waals surface area contributed by atoms with Crippen LogP contribution >= 0.6 is 11.6 Å². The van der Waals surface area contributed by atoms with Crippen LogP contribution in [0.3, 0.4) is 0 Å². The van der Waals surface area contributed by atoms with Gasteiger partial charge >= 0.3 is 0 Å². The Morgan fingerprint density at radius 2 is 1.86 bits per heavy atom. The van der Waals surface area contributed by atoms with E-state index in [4.69, 9.17) is 11.6 Å². The molecule has 0 aliphatic carbocycles. The molecule has 0 aliphatic heterocycles. The van der Waals surface area contributed by atoms with E-state index in [2.05, 4.69) is 5.10 Å².